The van der Waals surface area contributed by atoms with Crippen molar-refractivity contribution in [2.24, 2.45) is 0 Å². The quantitative estimate of drug-likeness (QED) is 0.504. The van der Waals surface area contributed by atoms with Crippen LogP contribution < -0.4 is 0 Å². The van der Waals surface area contributed by atoms with Crippen LogP contribution >= 0.6 is 0 Å². The molecular weight excluding hydrogens is 236 g/mol. The third kappa shape index (κ3) is 7.63. The van der Waals surface area contributed by atoms with Crippen molar-refractivity contribution in [3.63, 3.8) is 0 Å². The number of ether oxygens (including phenoxy) is 3. The molecule has 0 saturated carbocycles. The normalized spacial score (nSPS) is 13.7. The van der Waals surface area contributed by atoms with Crippen LogP contribution in [0.1, 0.15) is 41.0 Å². The van der Waals surface area contributed by atoms with E-state index in [4.69, 9.17) is 19.3 Å². The second-order valence-corrected chi connectivity index (χ2v) is 5.03. The van der Waals surface area contributed by atoms with Gasteiger partial charge in [0.25, 0.3) is 0 Å². The highest BCUT2D eigenvalue weighted by Gasteiger charge is 2.30. The van der Waals surface area contributed by atoms with Crippen molar-refractivity contribution in [3.8, 4) is 0 Å². The molecule has 1 unspecified atom stereocenters. The van der Waals surface area contributed by atoms with Crippen molar-refractivity contribution in [3.05, 3.63) is 0 Å². The highest BCUT2D eigenvalue weighted by molar-refractivity contribution is 5.78. The van der Waals surface area contributed by atoms with Gasteiger partial charge in [0.1, 0.15) is 6.61 Å². The Morgan fingerprint density at radius 1 is 1.28 bits per heavy atom. The summed E-state index contributed by atoms with van der Waals surface area (Å²) in [5.74, 6) is -0.417. The molecule has 5 nitrogen and oxygen atoms in total. The predicted octanol–water partition coefficient (Wildman–Crippen LogP) is 1.52. The van der Waals surface area contributed by atoms with Gasteiger partial charge in [-0.15, -0.1) is 0 Å². The zero-order valence-electron chi connectivity index (χ0n) is 12.1. The Labute approximate surface area is 109 Å². The average molecular weight is 262 g/mol. The molecule has 1 N–H and O–H groups in total. The van der Waals surface area contributed by atoms with E-state index in [-0.39, 0.29) is 25.4 Å². The Morgan fingerprint density at radius 2 is 1.89 bits per heavy atom. The number of esters is 1. The van der Waals surface area contributed by atoms with E-state index >= 15 is 0 Å². The molecule has 0 aliphatic carbocycles. The second-order valence-electron chi connectivity index (χ2n) is 5.03. The molecule has 0 bridgehead atoms. The monoisotopic (exact) mass is 262 g/mol. The summed E-state index contributed by atoms with van der Waals surface area (Å²) in [7, 11) is 0. The van der Waals surface area contributed by atoms with Gasteiger partial charge in [0.2, 0.25) is 0 Å². The Morgan fingerprint density at radius 3 is 2.39 bits per heavy atom. The van der Waals surface area contributed by atoms with Crippen LogP contribution in [0.2, 0.25) is 0 Å². The molecule has 0 rings (SSSR count). The third-order valence-electron chi connectivity index (χ3n) is 2.21. The summed E-state index contributed by atoms with van der Waals surface area (Å²) < 4.78 is 16.0. The number of aliphatic hydroxyl groups excluding tert-OH is 1. The van der Waals surface area contributed by atoms with Crippen molar-refractivity contribution in [2.45, 2.75) is 58.8 Å². The predicted molar refractivity (Wildman–Crippen MR) is 68.4 cm³/mol. The van der Waals surface area contributed by atoms with E-state index in [0.29, 0.717) is 13.0 Å². The minimum atomic E-state index is -0.993. The van der Waals surface area contributed by atoms with Gasteiger partial charge in [0.15, 0.2) is 5.60 Å². The Kier molecular flexibility index (Phi) is 8.15. The number of hydrogen-bond acceptors (Lipinski definition) is 5. The van der Waals surface area contributed by atoms with Crippen molar-refractivity contribution < 1.29 is 24.1 Å². The van der Waals surface area contributed by atoms with Gasteiger partial charge in [-0.25, -0.2) is 4.79 Å². The van der Waals surface area contributed by atoms with Gasteiger partial charge in [0, 0.05) is 6.61 Å². The number of carbonyl (C=O) groups excluding carboxylic acids is 1. The van der Waals surface area contributed by atoms with Crippen molar-refractivity contribution in [1.29, 1.82) is 0 Å². The third-order valence-corrected chi connectivity index (χ3v) is 2.21. The first-order valence-electron chi connectivity index (χ1n) is 6.37. The van der Waals surface area contributed by atoms with E-state index in [1.807, 2.05) is 20.8 Å². The number of hydrogen-bond donors (Lipinski definition) is 1. The van der Waals surface area contributed by atoms with E-state index in [9.17, 15) is 4.79 Å². The molecule has 0 aromatic heterocycles. The number of rotatable bonds is 9. The lowest BCUT2D eigenvalue weighted by Gasteiger charge is -2.24. The Hall–Kier alpha value is -0.650. The van der Waals surface area contributed by atoms with Crippen LogP contribution in [-0.4, -0.2) is 48.7 Å². The van der Waals surface area contributed by atoms with Gasteiger partial charge < -0.3 is 19.3 Å². The van der Waals surface area contributed by atoms with E-state index < -0.39 is 11.6 Å². The maximum absolute atomic E-state index is 11.8. The topological polar surface area (TPSA) is 65.0 Å². The summed E-state index contributed by atoms with van der Waals surface area (Å²) in [6.45, 7) is 9.61. The summed E-state index contributed by atoms with van der Waals surface area (Å²) in [6.07, 6.45) is 0.471. The van der Waals surface area contributed by atoms with Crippen LogP contribution in [0.15, 0.2) is 0 Å². The number of aliphatic hydroxyl groups is 1. The summed E-state index contributed by atoms with van der Waals surface area (Å²) in [6, 6.07) is 0. The number of carbonyl (C=O) groups is 1. The maximum atomic E-state index is 11.8. The van der Waals surface area contributed by atoms with Crippen molar-refractivity contribution in [1.82, 2.24) is 0 Å². The van der Waals surface area contributed by atoms with Gasteiger partial charge in [-0.1, -0.05) is 0 Å². The van der Waals surface area contributed by atoms with Crippen LogP contribution in [0.3, 0.4) is 0 Å². The van der Waals surface area contributed by atoms with Gasteiger partial charge in [-0.3, -0.25) is 0 Å². The van der Waals surface area contributed by atoms with Gasteiger partial charge in [-0.2, -0.15) is 0 Å². The van der Waals surface area contributed by atoms with Crippen LogP contribution in [-0.2, 0) is 19.0 Å². The maximum Gasteiger partial charge on any atom is 0.337 e. The molecule has 0 aliphatic heterocycles. The van der Waals surface area contributed by atoms with Crippen molar-refractivity contribution >= 4 is 5.97 Å². The molecule has 1 atom stereocenters. The highest BCUT2D eigenvalue weighted by Crippen LogP contribution is 2.12. The van der Waals surface area contributed by atoms with Gasteiger partial charge in [0.05, 0.1) is 18.8 Å². The Balaban J connectivity index is 3.98. The summed E-state index contributed by atoms with van der Waals surface area (Å²) in [5.41, 5.74) is -0.993. The fourth-order valence-corrected chi connectivity index (χ4v) is 1.32. The lowest BCUT2D eigenvalue weighted by atomic mass is 10.1. The largest absolute Gasteiger partial charge is 0.461 e. The zero-order valence-corrected chi connectivity index (χ0v) is 12.1. The molecule has 0 saturated heterocycles. The molecule has 0 spiro atoms. The van der Waals surface area contributed by atoms with Gasteiger partial charge in [-0.05, 0) is 41.0 Å². The SMILES string of the molecule is CC(C)OC(C)COC(=O)C(C)(C)OCCCO. The van der Waals surface area contributed by atoms with Crippen molar-refractivity contribution in [2.75, 3.05) is 19.8 Å². The average Bonchev–Trinajstić information content (AvgIpc) is 2.25. The highest BCUT2D eigenvalue weighted by atomic mass is 16.6. The molecule has 0 heterocycles. The fourth-order valence-electron chi connectivity index (χ4n) is 1.32. The molecule has 5 heteroatoms. The van der Waals surface area contributed by atoms with E-state index in [2.05, 4.69) is 0 Å². The van der Waals surface area contributed by atoms with Crippen LogP contribution in [0.25, 0.3) is 0 Å². The van der Waals surface area contributed by atoms with E-state index in [0.717, 1.165) is 0 Å². The lowest BCUT2D eigenvalue weighted by molar-refractivity contribution is -0.172. The molecule has 0 radical (unpaired) electrons. The van der Waals surface area contributed by atoms with Crippen LogP contribution in [0.4, 0.5) is 0 Å². The molecule has 0 aromatic carbocycles. The van der Waals surface area contributed by atoms with Gasteiger partial charge >= 0.3 is 5.97 Å². The summed E-state index contributed by atoms with van der Waals surface area (Å²) in [5, 5.41) is 8.65. The Bertz CT molecular complexity index is 238. The summed E-state index contributed by atoms with van der Waals surface area (Å²) in [4.78, 5) is 11.8. The lowest BCUT2D eigenvalue weighted by Crippen LogP contribution is -2.38. The minimum absolute atomic E-state index is 0.0460. The molecule has 0 fully saturated rings. The molecule has 108 valence electrons. The van der Waals surface area contributed by atoms with E-state index in [1.54, 1.807) is 13.8 Å². The second kappa shape index (κ2) is 8.45. The fraction of sp³-hybridized carbons (Fsp3) is 0.923. The smallest absolute Gasteiger partial charge is 0.337 e. The molecule has 18 heavy (non-hydrogen) atoms. The van der Waals surface area contributed by atoms with Crippen LogP contribution in [0, 0.1) is 0 Å². The zero-order chi connectivity index (χ0) is 14.2. The molecule has 0 amide bonds. The molecular formula is C13H26O5. The standard InChI is InChI=1S/C13H26O5/c1-10(2)18-11(3)9-16-12(15)13(4,5)17-8-6-7-14/h10-11,14H,6-9H2,1-5H3. The first-order chi connectivity index (χ1) is 8.29. The minimum Gasteiger partial charge on any atom is -0.461 e. The van der Waals surface area contributed by atoms with Crippen LogP contribution in [0.5, 0.6) is 0 Å². The first-order valence-corrected chi connectivity index (χ1v) is 6.37. The summed E-state index contributed by atoms with van der Waals surface area (Å²) >= 11 is 0. The molecule has 0 aromatic rings. The first kappa shape index (κ1) is 17.4. The molecule has 0 aliphatic rings. The van der Waals surface area contributed by atoms with E-state index in [1.165, 1.54) is 0 Å².